The van der Waals surface area contributed by atoms with E-state index in [1.807, 2.05) is 0 Å². The van der Waals surface area contributed by atoms with Gasteiger partial charge in [0.15, 0.2) is 20.2 Å². The van der Waals surface area contributed by atoms with Crippen LogP contribution in [0.15, 0.2) is 79.4 Å². The molecule has 2 aromatic carbocycles. The van der Waals surface area contributed by atoms with Crippen molar-refractivity contribution in [2.75, 3.05) is 13.2 Å². The standard InChI is InChI=1S/2C17H14F8O8S/c1-9-3-5-11(6-4-9)32-13(27)15(16(21,22)23,33-12(26)10(2)18)31-8-7-14(19,20)17(24,25)34(28,29)30;1-10(18)12(26)33-15(16(21,22)23,13(27)31-9-11-5-3-2-4-6-11)32-8-7-14(19,20)17(24,25)34(28,29)30/h3-6H,2,7-8H2,1H3,(H,28,29,30);2-6H,1,7-9H2,(H,28,29,30)/p-2. The summed E-state index contributed by atoms with van der Waals surface area (Å²) in [5.74, 6) is -37.1. The first-order chi connectivity index (χ1) is 30.5. The summed E-state index contributed by atoms with van der Waals surface area (Å²) in [4.78, 5) is 47.2. The van der Waals surface area contributed by atoms with Gasteiger partial charge in [-0.05, 0) is 24.6 Å². The SMILES string of the molecule is C=C(F)C(=O)OC(OCCC(F)(F)C(F)(F)S(=O)(=O)[O-])(C(=O)OCc1ccccc1)C(F)(F)F.C=C(F)C(=O)OC(OCCC(F)(F)C(F)(F)S(=O)(=O)[O-])(C(=O)Oc1ccc(C)cc1)C(F)(F)F. The molecule has 0 spiro atoms. The van der Waals surface area contributed by atoms with Gasteiger partial charge in [-0.3, -0.25) is 0 Å². The predicted molar refractivity (Wildman–Crippen MR) is 184 cm³/mol. The van der Waals surface area contributed by atoms with Crippen molar-refractivity contribution in [3.63, 3.8) is 0 Å². The first kappa shape index (κ1) is 60.4. The Kier molecular flexibility index (Phi) is 19.4. The first-order valence-corrected chi connectivity index (χ1v) is 19.8. The Morgan fingerprint density at radius 3 is 1.25 bits per heavy atom. The summed E-state index contributed by atoms with van der Waals surface area (Å²) >= 11 is 0. The van der Waals surface area contributed by atoms with Crippen molar-refractivity contribution in [2.45, 2.75) is 72.7 Å². The molecule has 2 rings (SSSR count). The molecule has 0 aliphatic heterocycles. The number of benzene rings is 2. The van der Waals surface area contributed by atoms with Crippen molar-refractivity contribution in [3.05, 3.63) is 90.5 Å². The van der Waals surface area contributed by atoms with E-state index in [0.717, 1.165) is 12.1 Å². The number of halogens is 16. The quantitative estimate of drug-likeness (QED) is 0.0245. The van der Waals surface area contributed by atoms with Gasteiger partial charge >= 0.3 is 70.2 Å². The molecule has 0 saturated heterocycles. The minimum Gasteiger partial charge on any atom is -0.743 e. The zero-order valence-corrected chi connectivity index (χ0v) is 34.7. The van der Waals surface area contributed by atoms with Gasteiger partial charge in [0.1, 0.15) is 12.4 Å². The minimum atomic E-state index is -6.99. The molecule has 0 heterocycles. The van der Waals surface area contributed by atoms with Crippen molar-refractivity contribution in [2.24, 2.45) is 0 Å². The summed E-state index contributed by atoms with van der Waals surface area (Å²) in [7, 11) is -14.0. The second-order valence-electron chi connectivity index (χ2n) is 12.6. The van der Waals surface area contributed by atoms with Gasteiger partial charge < -0.3 is 37.5 Å². The maximum atomic E-state index is 13.7. The fourth-order valence-corrected chi connectivity index (χ4v) is 4.98. The fraction of sp³-hybridized carbons (Fsp3) is 0.412. The van der Waals surface area contributed by atoms with Gasteiger partial charge in [-0.25, -0.2) is 36.0 Å². The molecule has 0 N–H and O–H groups in total. The van der Waals surface area contributed by atoms with Crippen LogP contribution in [-0.4, -0.2) is 109 Å². The third-order valence-corrected chi connectivity index (χ3v) is 9.42. The summed E-state index contributed by atoms with van der Waals surface area (Å²) in [6.07, 6.45) is -17.6. The van der Waals surface area contributed by atoms with Gasteiger partial charge in [-0.2, -0.15) is 70.2 Å². The summed E-state index contributed by atoms with van der Waals surface area (Å²) in [6.45, 7) is 0.698. The molecular weight excluding hydrogens is 1030 g/mol. The number of hydrogen-bond acceptors (Lipinski definition) is 16. The molecule has 0 amide bonds. The van der Waals surface area contributed by atoms with Gasteiger partial charge in [0, 0.05) is 12.8 Å². The highest BCUT2D eigenvalue weighted by molar-refractivity contribution is 7.87. The van der Waals surface area contributed by atoms with Crippen LogP contribution in [0.3, 0.4) is 0 Å². The van der Waals surface area contributed by atoms with E-state index in [0.29, 0.717) is 5.56 Å². The van der Waals surface area contributed by atoms with Gasteiger partial charge in [-0.15, -0.1) is 0 Å². The van der Waals surface area contributed by atoms with Crippen LogP contribution in [0.1, 0.15) is 24.0 Å². The van der Waals surface area contributed by atoms with E-state index < -0.39 is 140 Å². The van der Waals surface area contributed by atoms with E-state index in [-0.39, 0.29) is 5.56 Å². The van der Waals surface area contributed by atoms with Crippen LogP contribution in [0.25, 0.3) is 0 Å². The lowest BCUT2D eigenvalue weighted by atomic mass is 10.2. The highest BCUT2D eigenvalue weighted by Crippen LogP contribution is 2.44. The molecule has 2 unspecified atom stereocenters. The van der Waals surface area contributed by atoms with Gasteiger partial charge in [0.2, 0.25) is 11.7 Å². The maximum Gasteiger partial charge on any atom is 0.468 e. The van der Waals surface area contributed by atoms with Gasteiger partial charge in [0.25, 0.3) is 0 Å². The second kappa shape index (κ2) is 21.8. The predicted octanol–water partition coefficient (Wildman–Crippen LogP) is 6.56. The van der Waals surface area contributed by atoms with Crippen LogP contribution in [0, 0.1) is 6.92 Å². The molecule has 0 aliphatic rings. The lowest BCUT2D eigenvalue weighted by Crippen LogP contribution is -2.59. The molecule has 2 aromatic rings. The Bertz CT molecular complexity index is 2380. The van der Waals surface area contributed by atoms with Crippen LogP contribution < -0.4 is 4.74 Å². The summed E-state index contributed by atoms with van der Waals surface area (Å²) in [5, 5.41) is -12.6. The molecule has 0 bridgehead atoms. The third-order valence-electron chi connectivity index (χ3n) is 7.57. The molecule has 0 saturated carbocycles. The van der Waals surface area contributed by atoms with Crippen molar-refractivity contribution in [1.29, 1.82) is 0 Å². The second-order valence-corrected chi connectivity index (χ2v) is 15.5. The Morgan fingerprint density at radius 2 is 0.926 bits per heavy atom. The molecule has 0 aromatic heterocycles. The Morgan fingerprint density at radius 1 is 0.574 bits per heavy atom. The number of alkyl halides is 14. The minimum absolute atomic E-state index is 0.0694. The zero-order valence-electron chi connectivity index (χ0n) is 33.0. The van der Waals surface area contributed by atoms with Crippen LogP contribution in [-0.2, 0) is 69.7 Å². The van der Waals surface area contributed by atoms with Gasteiger partial charge in [-0.1, -0.05) is 61.2 Å². The molecule has 0 radical (unpaired) electrons. The Labute approximate surface area is 369 Å². The Balaban J connectivity index is 0.000000680. The topological polar surface area (TPSA) is 238 Å². The van der Waals surface area contributed by atoms with Crippen molar-refractivity contribution >= 4 is 44.1 Å². The van der Waals surface area contributed by atoms with E-state index >= 15 is 0 Å². The van der Waals surface area contributed by atoms with Gasteiger partial charge in [0.05, 0.1) is 13.2 Å². The third kappa shape index (κ3) is 14.5. The highest BCUT2D eigenvalue weighted by atomic mass is 32.2. The summed E-state index contributed by atoms with van der Waals surface area (Å²) in [5.41, 5.74) is 0.606. The van der Waals surface area contributed by atoms with Crippen LogP contribution in [0.5, 0.6) is 5.75 Å². The number of carbonyl (C=O) groups excluding carboxylic acids is 4. The average Bonchev–Trinajstić information content (AvgIpc) is 3.18. The molecule has 0 fully saturated rings. The molecule has 34 heteroatoms. The summed E-state index contributed by atoms with van der Waals surface area (Å²) < 4.78 is 301. The number of esters is 4. The number of rotatable bonds is 21. The smallest absolute Gasteiger partial charge is 0.468 e. The largest absolute Gasteiger partial charge is 0.743 e. The molecular formula is C34H26F16O16S2-2. The van der Waals surface area contributed by atoms with Crippen LogP contribution >= 0.6 is 0 Å². The van der Waals surface area contributed by atoms with Crippen molar-refractivity contribution in [1.82, 2.24) is 0 Å². The van der Waals surface area contributed by atoms with E-state index in [4.69, 9.17) is 0 Å². The number of ether oxygens (including phenoxy) is 6. The molecule has 384 valence electrons. The molecule has 16 nitrogen and oxygen atoms in total. The lowest BCUT2D eigenvalue weighted by molar-refractivity contribution is -0.357. The summed E-state index contributed by atoms with van der Waals surface area (Å²) in [6, 6.07) is 11.1. The molecule has 2 atom stereocenters. The Hall–Kier alpha value is -5.58. The van der Waals surface area contributed by atoms with Crippen LogP contribution in [0.2, 0.25) is 0 Å². The van der Waals surface area contributed by atoms with E-state index in [1.54, 1.807) is 0 Å². The van der Waals surface area contributed by atoms with E-state index in [2.05, 4.69) is 41.6 Å². The highest BCUT2D eigenvalue weighted by Gasteiger charge is 2.70. The lowest BCUT2D eigenvalue weighted by Gasteiger charge is -2.33. The normalized spacial score (nSPS) is 14.8. The number of carbonyl (C=O) groups is 4. The molecule has 68 heavy (non-hydrogen) atoms. The van der Waals surface area contributed by atoms with Crippen LogP contribution in [0.4, 0.5) is 70.2 Å². The van der Waals surface area contributed by atoms with Crippen molar-refractivity contribution in [3.8, 4) is 5.75 Å². The maximum absolute atomic E-state index is 13.7. The zero-order chi connectivity index (χ0) is 53.3. The number of hydrogen-bond donors (Lipinski definition) is 0. The van der Waals surface area contributed by atoms with Crippen molar-refractivity contribution < 1.29 is 144 Å². The van der Waals surface area contributed by atoms with E-state index in [1.165, 1.54) is 49.4 Å². The average molecular weight is 1060 g/mol. The molecule has 0 aliphatic carbocycles. The fourth-order valence-electron chi connectivity index (χ4n) is 4.04. The number of aryl methyl sites for hydroxylation is 1. The first-order valence-electron chi connectivity index (χ1n) is 17.0. The van der Waals surface area contributed by atoms with E-state index in [9.17, 15) is 115 Å². The monoisotopic (exact) mass is 1060 g/mol.